The molecule has 0 spiro atoms. The SMILES string of the molecule is COc1ccc(NC(=O)Nc2cccc(OCc3cc(=O)n4cc(Cl)ccc4n3)c2)cc1. The van der Waals surface area contributed by atoms with E-state index in [0.717, 1.165) is 0 Å². The number of amides is 2. The highest BCUT2D eigenvalue weighted by atomic mass is 35.5. The van der Waals surface area contributed by atoms with E-state index < -0.39 is 6.03 Å². The van der Waals surface area contributed by atoms with Gasteiger partial charge in [-0.3, -0.25) is 9.20 Å². The summed E-state index contributed by atoms with van der Waals surface area (Å²) in [7, 11) is 1.58. The third-order valence-electron chi connectivity index (χ3n) is 4.50. The first-order valence-electron chi connectivity index (χ1n) is 9.63. The topological polar surface area (TPSA) is 94.0 Å². The molecule has 162 valence electrons. The summed E-state index contributed by atoms with van der Waals surface area (Å²) >= 11 is 5.93. The second-order valence-corrected chi connectivity index (χ2v) is 7.22. The number of hydrogen-bond acceptors (Lipinski definition) is 5. The lowest BCUT2D eigenvalue weighted by Crippen LogP contribution is -2.19. The average molecular weight is 451 g/mol. The van der Waals surface area contributed by atoms with Crippen LogP contribution in [0.3, 0.4) is 0 Å². The van der Waals surface area contributed by atoms with Crippen molar-refractivity contribution in [1.82, 2.24) is 9.38 Å². The van der Waals surface area contributed by atoms with Gasteiger partial charge in [0, 0.05) is 29.7 Å². The molecule has 0 radical (unpaired) electrons. The minimum atomic E-state index is -0.393. The zero-order valence-electron chi connectivity index (χ0n) is 17.0. The van der Waals surface area contributed by atoms with Crippen molar-refractivity contribution in [2.45, 2.75) is 6.61 Å². The van der Waals surface area contributed by atoms with E-state index in [9.17, 15) is 9.59 Å². The molecule has 0 aliphatic rings. The van der Waals surface area contributed by atoms with Crippen LogP contribution in [0.25, 0.3) is 5.65 Å². The molecule has 0 saturated heterocycles. The molecule has 0 unspecified atom stereocenters. The second kappa shape index (κ2) is 9.40. The summed E-state index contributed by atoms with van der Waals surface area (Å²) in [6.07, 6.45) is 1.52. The van der Waals surface area contributed by atoms with Crippen molar-refractivity contribution in [2.24, 2.45) is 0 Å². The number of benzene rings is 2. The van der Waals surface area contributed by atoms with Crippen molar-refractivity contribution >= 4 is 34.7 Å². The molecule has 4 aromatic rings. The maximum atomic E-state index is 12.3. The Bertz CT molecular complexity index is 1320. The van der Waals surface area contributed by atoms with Gasteiger partial charge in [0.1, 0.15) is 23.8 Å². The lowest BCUT2D eigenvalue weighted by Gasteiger charge is -2.11. The van der Waals surface area contributed by atoms with E-state index in [4.69, 9.17) is 21.1 Å². The van der Waals surface area contributed by atoms with Crippen LogP contribution in [0.1, 0.15) is 5.69 Å². The first kappa shape index (κ1) is 21.2. The van der Waals surface area contributed by atoms with Crippen LogP contribution in [0.4, 0.5) is 16.2 Å². The van der Waals surface area contributed by atoms with Crippen molar-refractivity contribution in [1.29, 1.82) is 0 Å². The molecule has 2 N–H and O–H groups in total. The molecule has 32 heavy (non-hydrogen) atoms. The highest BCUT2D eigenvalue weighted by Crippen LogP contribution is 2.20. The normalized spacial score (nSPS) is 10.6. The number of pyridine rings is 1. The second-order valence-electron chi connectivity index (χ2n) is 6.79. The van der Waals surface area contributed by atoms with Gasteiger partial charge in [-0.25, -0.2) is 9.78 Å². The Kier molecular flexibility index (Phi) is 6.23. The maximum Gasteiger partial charge on any atom is 0.323 e. The molecule has 8 nitrogen and oxygen atoms in total. The molecular weight excluding hydrogens is 432 g/mol. The van der Waals surface area contributed by atoms with Crippen LogP contribution in [0.2, 0.25) is 5.02 Å². The fourth-order valence-corrected chi connectivity index (χ4v) is 3.15. The number of nitrogens with one attached hydrogen (secondary N) is 2. The Morgan fingerprint density at radius 3 is 2.56 bits per heavy atom. The first-order chi connectivity index (χ1) is 15.5. The molecule has 2 heterocycles. The maximum absolute atomic E-state index is 12.3. The Morgan fingerprint density at radius 2 is 1.78 bits per heavy atom. The number of carbonyl (C=O) groups is 1. The quantitative estimate of drug-likeness (QED) is 0.448. The summed E-state index contributed by atoms with van der Waals surface area (Å²) in [5, 5.41) is 5.95. The van der Waals surface area contributed by atoms with Crippen LogP contribution in [0.5, 0.6) is 11.5 Å². The Hall–Kier alpha value is -4.04. The third-order valence-corrected chi connectivity index (χ3v) is 4.73. The number of carbonyl (C=O) groups excluding carboxylic acids is 1. The number of anilines is 2. The van der Waals surface area contributed by atoms with Crippen LogP contribution >= 0.6 is 11.6 Å². The number of methoxy groups -OCH3 is 1. The van der Waals surface area contributed by atoms with Crippen LogP contribution < -0.4 is 25.7 Å². The van der Waals surface area contributed by atoms with Gasteiger partial charge < -0.3 is 20.1 Å². The van der Waals surface area contributed by atoms with E-state index in [1.54, 1.807) is 67.8 Å². The lowest BCUT2D eigenvalue weighted by molar-refractivity contribution is 0.262. The van der Waals surface area contributed by atoms with E-state index in [1.165, 1.54) is 16.7 Å². The molecule has 0 saturated carbocycles. The summed E-state index contributed by atoms with van der Waals surface area (Å²) in [6, 6.07) is 18.3. The van der Waals surface area contributed by atoms with E-state index >= 15 is 0 Å². The molecule has 2 aromatic carbocycles. The molecule has 4 rings (SSSR count). The molecule has 9 heteroatoms. The zero-order chi connectivity index (χ0) is 22.5. The highest BCUT2D eigenvalue weighted by Gasteiger charge is 2.07. The first-order valence-corrected chi connectivity index (χ1v) is 10.0. The number of nitrogens with zero attached hydrogens (tertiary/aromatic N) is 2. The van der Waals surface area contributed by atoms with E-state index in [0.29, 0.717) is 39.2 Å². The van der Waals surface area contributed by atoms with E-state index in [-0.39, 0.29) is 12.2 Å². The molecule has 0 aliphatic carbocycles. The molecule has 2 aromatic heterocycles. The zero-order valence-corrected chi connectivity index (χ0v) is 17.8. The largest absolute Gasteiger partial charge is 0.497 e. The number of rotatable bonds is 6. The lowest BCUT2D eigenvalue weighted by atomic mass is 10.3. The fourth-order valence-electron chi connectivity index (χ4n) is 2.99. The third kappa shape index (κ3) is 5.16. The summed E-state index contributed by atoms with van der Waals surface area (Å²) in [5.41, 5.74) is 1.89. The van der Waals surface area contributed by atoms with Gasteiger partial charge >= 0.3 is 6.03 Å². The fraction of sp³-hybridized carbons (Fsp3) is 0.0870. The van der Waals surface area contributed by atoms with Crippen LogP contribution in [0, 0.1) is 0 Å². The standard InChI is InChI=1S/C23H19ClN4O4/c1-31-19-8-6-16(7-9-19)26-23(30)27-17-3-2-4-20(11-17)32-14-18-12-22(29)28-13-15(24)5-10-21(28)25-18/h2-13H,14H2,1H3,(H2,26,27,30). The molecule has 0 bridgehead atoms. The number of fused-ring (bicyclic) bond motifs is 1. The van der Waals surface area contributed by atoms with Crippen molar-refractivity contribution in [3.05, 3.63) is 94.0 Å². The van der Waals surface area contributed by atoms with Gasteiger partial charge in [-0.1, -0.05) is 17.7 Å². The van der Waals surface area contributed by atoms with Gasteiger partial charge in [-0.15, -0.1) is 0 Å². The van der Waals surface area contributed by atoms with Crippen LogP contribution in [0.15, 0.2) is 77.7 Å². The van der Waals surface area contributed by atoms with Crippen molar-refractivity contribution in [2.75, 3.05) is 17.7 Å². The number of hydrogen-bond donors (Lipinski definition) is 2. The molecule has 0 atom stereocenters. The van der Waals surface area contributed by atoms with Crippen LogP contribution in [-0.4, -0.2) is 22.5 Å². The van der Waals surface area contributed by atoms with Crippen molar-refractivity contribution in [3.63, 3.8) is 0 Å². The summed E-state index contributed by atoms with van der Waals surface area (Å²) in [5.74, 6) is 1.22. The number of halogens is 1. The van der Waals surface area contributed by atoms with Gasteiger partial charge in [-0.05, 0) is 48.5 Å². The van der Waals surface area contributed by atoms with Gasteiger partial charge in [0.2, 0.25) is 0 Å². The summed E-state index contributed by atoms with van der Waals surface area (Å²) in [6.45, 7) is 0.0931. The Labute approximate surface area is 188 Å². The monoisotopic (exact) mass is 450 g/mol. The molecular formula is C23H19ClN4O4. The molecule has 2 amide bonds. The number of aromatic nitrogens is 2. The summed E-state index contributed by atoms with van der Waals surface area (Å²) < 4.78 is 12.2. The van der Waals surface area contributed by atoms with Gasteiger partial charge in [0.25, 0.3) is 5.56 Å². The van der Waals surface area contributed by atoms with E-state index in [2.05, 4.69) is 15.6 Å². The highest BCUT2D eigenvalue weighted by molar-refractivity contribution is 6.30. The number of ether oxygens (including phenoxy) is 2. The minimum Gasteiger partial charge on any atom is -0.497 e. The predicted molar refractivity (Wildman–Crippen MR) is 123 cm³/mol. The average Bonchev–Trinajstić information content (AvgIpc) is 2.79. The van der Waals surface area contributed by atoms with Gasteiger partial charge in [-0.2, -0.15) is 0 Å². The minimum absolute atomic E-state index is 0.0931. The Morgan fingerprint density at radius 1 is 1.00 bits per heavy atom. The number of urea groups is 1. The van der Waals surface area contributed by atoms with Gasteiger partial charge in [0.05, 0.1) is 17.8 Å². The summed E-state index contributed by atoms with van der Waals surface area (Å²) in [4.78, 5) is 28.9. The van der Waals surface area contributed by atoms with Crippen molar-refractivity contribution < 1.29 is 14.3 Å². The molecule has 0 aliphatic heterocycles. The molecule has 0 fully saturated rings. The van der Waals surface area contributed by atoms with Crippen molar-refractivity contribution in [3.8, 4) is 11.5 Å². The van der Waals surface area contributed by atoms with E-state index in [1.807, 2.05) is 0 Å². The van der Waals surface area contributed by atoms with Crippen LogP contribution in [-0.2, 0) is 6.61 Å². The smallest absolute Gasteiger partial charge is 0.323 e. The van der Waals surface area contributed by atoms with Gasteiger partial charge in [0.15, 0.2) is 0 Å². The Balaban J connectivity index is 1.39. The predicted octanol–water partition coefficient (Wildman–Crippen LogP) is 4.58.